The number of ether oxygens (including phenoxy) is 1. The van der Waals surface area contributed by atoms with Gasteiger partial charge in [0, 0.05) is 12.8 Å². The number of esters is 1. The molecule has 28 heavy (non-hydrogen) atoms. The molecule has 2 saturated carbocycles. The van der Waals surface area contributed by atoms with Crippen LogP contribution >= 0.6 is 0 Å². The predicted molar refractivity (Wildman–Crippen MR) is 101 cm³/mol. The van der Waals surface area contributed by atoms with Gasteiger partial charge in [0.05, 0.1) is 5.41 Å². The molecule has 4 aliphatic rings. The molecule has 3 N–H and O–H groups in total. The van der Waals surface area contributed by atoms with Crippen molar-refractivity contribution in [3.8, 4) is 0 Å². The molecule has 6 heteroatoms. The van der Waals surface area contributed by atoms with Crippen LogP contribution in [0, 0.1) is 34.5 Å². The lowest BCUT2D eigenvalue weighted by atomic mass is 9.59. The summed E-state index contributed by atoms with van der Waals surface area (Å²) in [5.41, 5.74) is -2.67. The van der Waals surface area contributed by atoms with Gasteiger partial charge < -0.3 is 20.1 Å². The number of aliphatic hydroxyl groups is 3. The molecule has 2 bridgehead atoms. The largest absolute Gasteiger partial charge is 0.461 e. The standard InChI is InChI=1S/C22H30O6/c1-10-8-21-11(2)6-15-16(20(15,4)5)14(19(21)26)7-13(9-28-12(3)23)18(25)22(21,27)17(10)24/h7-8,11,14-18,24-25,27H,6,9H2,1-5H3/t11-,14+,15-,16+,17+,18-,21+,22-/m1/s1/i23+2,28+2. The maximum absolute atomic E-state index is 13.9. The van der Waals surface area contributed by atoms with Crippen LogP contribution in [0.3, 0.4) is 0 Å². The Balaban J connectivity index is 1.92. The Morgan fingerprint density at radius 2 is 1.96 bits per heavy atom. The van der Waals surface area contributed by atoms with Crippen molar-refractivity contribution in [2.45, 2.75) is 58.8 Å². The Hall–Kier alpha value is -1.50. The summed E-state index contributed by atoms with van der Waals surface area (Å²) >= 11 is 0. The highest BCUT2D eigenvalue weighted by Crippen LogP contribution is 2.71. The second kappa shape index (κ2) is 5.77. The summed E-state index contributed by atoms with van der Waals surface area (Å²) in [5.74, 6) is -0.956. The highest BCUT2D eigenvalue weighted by molar-refractivity contribution is 5.95. The topological polar surface area (TPSA) is 104 Å². The van der Waals surface area contributed by atoms with Gasteiger partial charge in [0.25, 0.3) is 0 Å². The molecule has 0 aromatic carbocycles. The zero-order valence-electron chi connectivity index (χ0n) is 17.1. The Morgan fingerprint density at radius 3 is 2.57 bits per heavy atom. The van der Waals surface area contributed by atoms with E-state index >= 15 is 0 Å². The van der Waals surface area contributed by atoms with Gasteiger partial charge in [-0.05, 0) is 47.7 Å². The normalized spacial score (nSPS) is 48.5. The van der Waals surface area contributed by atoms with Crippen LogP contribution in [0.1, 0.15) is 41.0 Å². The van der Waals surface area contributed by atoms with Crippen molar-refractivity contribution in [2.24, 2.45) is 34.5 Å². The van der Waals surface area contributed by atoms with Crippen LogP contribution in [-0.4, -0.2) is 51.5 Å². The summed E-state index contributed by atoms with van der Waals surface area (Å²) in [4.78, 5) is 25.3. The Labute approximate surface area is 165 Å². The summed E-state index contributed by atoms with van der Waals surface area (Å²) in [7, 11) is 0. The quantitative estimate of drug-likeness (QED) is 0.371. The fraction of sp³-hybridized carbons (Fsp3) is 0.727. The van der Waals surface area contributed by atoms with Crippen molar-refractivity contribution in [3.05, 3.63) is 23.3 Å². The van der Waals surface area contributed by atoms with E-state index in [1.165, 1.54) is 6.92 Å². The number of hydrogen-bond acceptors (Lipinski definition) is 6. The van der Waals surface area contributed by atoms with Crippen LogP contribution in [0.2, 0.25) is 0 Å². The SMILES string of the molecule is CC(=[18O])[18O]CC1=C[C@@H]2C(=O)[C@]3(C=C(C)[C@H](O)[C@@]3(O)[C@@H]1O)[C@H](C)C[C@@H]1[C@H]2C1(C)C. The van der Waals surface area contributed by atoms with Gasteiger partial charge >= 0.3 is 5.97 Å². The molecule has 154 valence electrons. The minimum absolute atomic E-state index is 0.0113. The first-order valence-electron chi connectivity index (χ1n) is 10.1. The molecule has 2 fully saturated rings. The van der Waals surface area contributed by atoms with Crippen molar-refractivity contribution in [1.29, 1.82) is 0 Å². The molecule has 0 amide bonds. The number of ketones is 1. The van der Waals surface area contributed by atoms with Crippen molar-refractivity contribution < 1.29 is 29.6 Å². The van der Waals surface area contributed by atoms with Crippen LogP contribution in [0.25, 0.3) is 0 Å². The zero-order chi connectivity index (χ0) is 20.8. The first kappa shape index (κ1) is 19.8. The summed E-state index contributed by atoms with van der Waals surface area (Å²) in [6, 6.07) is 0. The second-order valence-corrected chi connectivity index (χ2v) is 9.89. The molecule has 0 aromatic rings. The highest BCUT2D eigenvalue weighted by atomic mass is 18.4. The van der Waals surface area contributed by atoms with E-state index in [1.54, 1.807) is 19.1 Å². The monoisotopic (exact) mass is 394 g/mol. The molecular formula is C22H30O6. The lowest BCUT2D eigenvalue weighted by Crippen LogP contribution is -2.65. The van der Waals surface area contributed by atoms with E-state index in [9.17, 15) is 24.9 Å². The third-order valence-corrected chi connectivity index (χ3v) is 8.19. The molecule has 0 aromatic heterocycles. The predicted octanol–water partition coefficient (Wildman–Crippen LogP) is 1.39. The molecule has 0 heterocycles. The van der Waals surface area contributed by atoms with E-state index in [0.717, 1.165) is 6.42 Å². The van der Waals surface area contributed by atoms with E-state index in [1.807, 2.05) is 6.92 Å². The lowest BCUT2D eigenvalue weighted by Gasteiger charge is -2.48. The molecular weight excluding hydrogens is 364 g/mol. The minimum atomic E-state index is -2.07. The number of rotatable bonds is 2. The smallest absolute Gasteiger partial charge is 0.302 e. The number of hydrogen-bond donors (Lipinski definition) is 3. The van der Waals surface area contributed by atoms with Gasteiger partial charge in [-0.3, -0.25) is 9.59 Å². The first-order chi connectivity index (χ1) is 12.9. The average Bonchev–Trinajstić information content (AvgIpc) is 3.11. The van der Waals surface area contributed by atoms with Crippen molar-refractivity contribution in [1.82, 2.24) is 0 Å². The van der Waals surface area contributed by atoms with Crippen LogP contribution in [0.15, 0.2) is 23.3 Å². The minimum Gasteiger partial charge on any atom is -0.461 e. The molecule has 0 saturated heterocycles. The zero-order valence-corrected chi connectivity index (χ0v) is 17.1. The van der Waals surface area contributed by atoms with Gasteiger partial charge in [-0.2, -0.15) is 0 Å². The van der Waals surface area contributed by atoms with E-state index in [-0.39, 0.29) is 35.2 Å². The summed E-state index contributed by atoms with van der Waals surface area (Å²) in [6.07, 6.45) is 1.27. The average molecular weight is 394 g/mol. The fourth-order valence-corrected chi connectivity index (χ4v) is 6.60. The van der Waals surface area contributed by atoms with Crippen LogP contribution in [-0.2, 0) is 14.3 Å². The van der Waals surface area contributed by atoms with Gasteiger partial charge in [-0.25, -0.2) is 0 Å². The van der Waals surface area contributed by atoms with Crippen molar-refractivity contribution >= 4 is 11.8 Å². The van der Waals surface area contributed by atoms with Gasteiger partial charge in [0.2, 0.25) is 0 Å². The first-order valence-corrected chi connectivity index (χ1v) is 10.1. The molecule has 4 rings (SSSR count). The molecule has 6 nitrogen and oxygen atoms in total. The van der Waals surface area contributed by atoms with Crippen LogP contribution in [0.5, 0.6) is 0 Å². The molecule has 8 atom stereocenters. The number of fused-ring (bicyclic) bond motifs is 3. The Morgan fingerprint density at radius 1 is 1.32 bits per heavy atom. The maximum Gasteiger partial charge on any atom is 0.302 e. The van der Waals surface area contributed by atoms with Gasteiger partial charge in [0.15, 0.2) is 5.78 Å². The molecule has 0 aliphatic heterocycles. The lowest BCUT2D eigenvalue weighted by molar-refractivity contribution is -0.190. The summed E-state index contributed by atoms with van der Waals surface area (Å²) < 4.78 is 5.11. The number of Topliss-reactive ketones (excluding diaryl/α,β-unsaturated/α-hetero) is 1. The third-order valence-electron chi connectivity index (χ3n) is 8.19. The highest BCUT2D eigenvalue weighted by Gasteiger charge is 2.75. The Bertz CT molecular complexity index is 810. The van der Waals surface area contributed by atoms with E-state index < -0.39 is 35.1 Å². The second-order valence-electron chi connectivity index (χ2n) is 9.89. The third kappa shape index (κ3) is 2.14. The number of carbonyl (C=O) groups excluding carboxylic acids is 2. The van der Waals surface area contributed by atoms with Gasteiger partial charge in [-0.1, -0.05) is 32.9 Å². The van der Waals surface area contributed by atoms with E-state index in [0.29, 0.717) is 11.5 Å². The van der Waals surface area contributed by atoms with Gasteiger partial charge in [0.1, 0.15) is 24.4 Å². The van der Waals surface area contributed by atoms with E-state index in [2.05, 4.69) is 13.8 Å². The molecule has 4 aliphatic carbocycles. The summed E-state index contributed by atoms with van der Waals surface area (Å²) in [5, 5.41) is 33.9. The fourth-order valence-electron chi connectivity index (χ4n) is 6.60. The molecule has 0 unspecified atom stereocenters. The molecule has 0 radical (unpaired) electrons. The number of aliphatic hydroxyl groups excluding tert-OH is 2. The van der Waals surface area contributed by atoms with Crippen molar-refractivity contribution in [3.63, 3.8) is 0 Å². The summed E-state index contributed by atoms with van der Waals surface area (Å²) in [6.45, 7) is 8.97. The van der Waals surface area contributed by atoms with E-state index in [4.69, 9.17) is 4.74 Å². The van der Waals surface area contributed by atoms with Gasteiger partial charge in [-0.15, -0.1) is 0 Å². The van der Waals surface area contributed by atoms with Crippen LogP contribution < -0.4 is 0 Å². The maximum atomic E-state index is 13.9. The number of allylic oxidation sites excluding steroid dienone is 1. The Kier molecular flexibility index (Phi) is 4.08. The molecule has 1 spiro atoms. The van der Waals surface area contributed by atoms with Crippen LogP contribution in [0.4, 0.5) is 0 Å². The number of carbonyl (C=O) groups is 2. The van der Waals surface area contributed by atoms with Crippen molar-refractivity contribution in [2.75, 3.05) is 6.61 Å².